The summed E-state index contributed by atoms with van der Waals surface area (Å²) in [5.41, 5.74) is 2.62. The largest absolute Gasteiger partial charge is 0.358 e. The van der Waals surface area contributed by atoms with Crippen molar-refractivity contribution in [1.29, 1.82) is 0 Å². The maximum absolute atomic E-state index is 11.2. The highest BCUT2D eigenvalue weighted by Crippen LogP contribution is 2.22. The number of nitrogens with one attached hydrogen (secondary N) is 2. The summed E-state index contributed by atoms with van der Waals surface area (Å²) in [4.78, 5) is 0.0801. The van der Waals surface area contributed by atoms with E-state index in [-0.39, 0.29) is 4.90 Å². The second kappa shape index (κ2) is 7.27. The van der Waals surface area contributed by atoms with Gasteiger partial charge in [-0.25, -0.2) is 13.6 Å². The first-order valence-electron chi connectivity index (χ1n) is 6.69. The minimum Gasteiger partial charge on any atom is -0.358 e. The fourth-order valence-electron chi connectivity index (χ4n) is 1.89. The number of sulfonamides is 1. The predicted molar refractivity (Wildman–Crippen MR) is 97.1 cm³/mol. The van der Waals surface area contributed by atoms with E-state index in [4.69, 9.17) is 29.0 Å². The van der Waals surface area contributed by atoms with Crippen LogP contribution < -0.4 is 15.8 Å². The summed E-state index contributed by atoms with van der Waals surface area (Å²) < 4.78 is 22.4. The molecule has 0 aliphatic carbocycles. The highest BCUT2D eigenvalue weighted by atomic mass is 35.5. The van der Waals surface area contributed by atoms with Gasteiger partial charge in [-0.1, -0.05) is 29.8 Å². The molecule has 0 aliphatic heterocycles. The lowest BCUT2D eigenvalue weighted by molar-refractivity contribution is 0.597. The lowest BCUT2D eigenvalue weighted by Crippen LogP contribution is -2.28. The summed E-state index contributed by atoms with van der Waals surface area (Å²) in [6, 6.07) is 11.8. The molecule has 0 aromatic heterocycles. The Hall–Kier alpha value is -1.67. The van der Waals surface area contributed by atoms with E-state index in [2.05, 4.69) is 10.6 Å². The maximum atomic E-state index is 11.2. The van der Waals surface area contributed by atoms with Gasteiger partial charge < -0.3 is 10.6 Å². The third kappa shape index (κ3) is 4.90. The molecule has 122 valence electrons. The van der Waals surface area contributed by atoms with E-state index >= 15 is 0 Å². The number of anilines is 1. The van der Waals surface area contributed by atoms with Crippen LogP contribution in [0.5, 0.6) is 0 Å². The zero-order valence-electron chi connectivity index (χ0n) is 12.3. The number of primary sulfonamides is 1. The van der Waals surface area contributed by atoms with Gasteiger partial charge in [-0.2, -0.15) is 0 Å². The molecule has 0 atom stereocenters. The van der Waals surface area contributed by atoms with Crippen LogP contribution in [0.15, 0.2) is 47.4 Å². The molecule has 0 heterocycles. The number of rotatable bonds is 4. The Bertz CT molecular complexity index is 821. The molecule has 0 saturated carbocycles. The molecule has 5 nitrogen and oxygen atoms in total. The Kier molecular flexibility index (Phi) is 5.59. The number of nitrogens with two attached hydrogens (primary N) is 1. The Labute approximate surface area is 145 Å². The van der Waals surface area contributed by atoms with Crippen LogP contribution in [0, 0.1) is 6.92 Å². The van der Waals surface area contributed by atoms with Crippen LogP contribution in [0.4, 0.5) is 5.69 Å². The Morgan fingerprint density at radius 1 is 1.22 bits per heavy atom. The average Bonchev–Trinajstić information content (AvgIpc) is 2.49. The third-order valence-electron chi connectivity index (χ3n) is 3.22. The smallest absolute Gasteiger partial charge is 0.238 e. The standard InChI is InChI=1S/C15H16ClN3O2S2/c1-10-13(16)3-2-4-14(10)19-15(22)18-9-11-5-7-12(8-6-11)23(17,20)21/h2-8H,9H2,1H3,(H2,17,20,21)(H2,18,19,22). The molecule has 0 fully saturated rings. The fourth-order valence-corrected chi connectivity index (χ4v) is 2.76. The first kappa shape index (κ1) is 17.7. The van der Waals surface area contributed by atoms with Gasteiger partial charge in [0.15, 0.2) is 5.11 Å². The Morgan fingerprint density at radius 3 is 2.48 bits per heavy atom. The highest BCUT2D eigenvalue weighted by Gasteiger charge is 2.07. The second-order valence-electron chi connectivity index (χ2n) is 4.91. The maximum Gasteiger partial charge on any atom is 0.238 e. The molecule has 0 spiro atoms. The van der Waals surface area contributed by atoms with Gasteiger partial charge in [0.05, 0.1) is 4.90 Å². The monoisotopic (exact) mass is 369 g/mol. The van der Waals surface area contributed by atoms with Crippen molar-refractivity contribution in [2.75, 3.05) is 5.32 Å². The van der Waals surface area contributed by atoms with Gasteiger partial charge in [-0.15, -0.1) is 0 Å². The first-order valence-corrected chi connectivity index (χ1v) is 9.02. The predicted octanol–water partition coefficient (Wildman–Crippen LogP) is 2.78. The van der Waals surface area contributed by atoms with Crippen molar-refractivity contribution < 1.29 is 8.42 Å². The van der Waals surface area contributed by atoms with Crippen molar-refractivity contribution in [3.63, 3.8) is 0 Å². The van der Waals surface area contributed by atoms with Gasteiger partial charge in [0.1, 0.15) is 0 Å². The van der Waals surface area contributed by atoms with Gasteiger partial charge in [0, 0.05) is 17.3 Å². The molecular weight excluding hydrogens is 354 g/mol. The van der Waals surface area contributed by atoms with Crippen LogP contribution in [-0.2, 0) is 16.6 Å². The molecule has 4 N–H and O–H groups in total. The molecule has 0 bridgehead atoms. The van der Waals surface area contributed by atoms with Crippen molar-refractivity contribution in [3.8, 4) is 0 Å². The van der Waals surface area contributed by atoms with Crippen molar-refractivity contribution in [1.82, 2.24) is 5.32 Å². The first-order chi connectivity index (χ1) is 10.8. The van der Waals surface area contributed by atoms with Gasteiger partial charge in [0.25, 0.3) is 0 Å². The minimum absolute atomic E-state index is 0.0801. The topological polar surface area (TPSA) is 84.2 Å². The van der Waals surface area contributed by atoms with Crippen LogP contribution in [0.2, 0.25) is 5.02 Å². The fraction of sp³-hybridized carbons (Fsp3) is 0.133. The lowest BCUT2D eigenvalue weighted by Gasteiger charge is -2.13. The van der Waals surface area contributed by atoms with Crippen molar-refractivity contribution in [3.05, 3.63) is 58.6 Å². The summed E-state index contributed by atoms with van der Waals surface area (Å²) >= 11 is 11.3. The Balaban J connectivity index is 1.95. The molecule has 8 heteroatoms. The summed E-state index contributed by atoms with van der Waals surface area (Å²) in [7, 11) is -3.67. The van der Waals surface area contributed by atoms with Crippen LogP contribution in [0.1, 0.15) is 11.1 Å². The van der Waals surface area contributed by atoms with Gasteiger partial charge in [-0.05, 0) is 54.5 Å². The van der Waals surface area contributed by atoms with E-state index in [1.54, 1.807) is 12.1 Å². The van der Waals surface area contributed by atoms with E-state index < -0.39 is 10.0 Å². The number of benzene rings is 2. The summed E-state index contributed by atoms with van der Waals surface area (Å²) in [6.07, 6.45) is 0. The molecule has 23 heavy (non-hydrogen) atoms. The van der Waals surface area contributed by atoms with Crippen molar-refractivity contribution >= 4 is 44.6 Å². The summed E-state index contributed by atoms with van der Waals surface area (Å²) in [5.74, 6) is 0. The van der Waals surface area contributed by atoms with Gasteiger partial charge in [-0.3, -0.25) is 0 Å². The zero-order chi connectivity index (χ0) is 17.0. The number of thiocarbonyl (C=S) groups is 1. The molecule has 0 unspecified atom stereocenters. The Morgan fingerprint density at radius 2 is 1.87 bits per heavy atom. The van der Waals surface area contributed by atoms with E-state index in [9.17, 15) is 8.42 Å². The zero-order valence-corrected chi connectivity index (χ0v) is 14.7. The number of hydrogen-bond acceptors (Lipinski definition) is 3. The minimum atomic E-state index is -3.67. The number of halogens is 1. The molecule has 2 aromatic rings. The average molecular weight is 370 g/mol. The normalized spacial score (nSPS) is 11.1. The van der Waals surface area contributed by atoms with E-state index in [0.717, 1.165) is 16.8 Å². The molecular formula is C15H16ClN3O2S2. The number of hydrogen-bond donors (Lipinski definition) is 3. The van der Waals surface area contributed by atoms with Gasteiger partial charge in [0.2, 0.25) is 10.0 Å². The molecule has 0 amide bonds. The summed E-state index contributed by atoms with van der Waals surface area (Å²) in [5, 5.41) is 12.3. The van der Waals surface area contributed by atoms with Crippen LogP contribution in [0.25, 0.3) is 0 Å². The van der Waals surface area contributed by atoms with Crippen LogP contribution in [0.3, 0.4) is 0 Å². The quantitative estimate of drug-likeness (QED) is 0.722. The highest BCUT2D eigenvalue weighted by molar-refractivity contribution is 7.89. The molecule has 2 rings (SSSR count). The summed E-state index contributed by atoms with van der Waals surface area (Å²) in [6.45, 7) is 2.36. The van der Waals surface area contributed by atoms with E-state index in [1.165, 1.54) is 12.1 Å². The second-order valence-corrected chi connectivity index (χ2v) is 7.29. The SMILES string of the molecule is Cc1c(Cl)cccc1NC(=S)NCc1ccc(S(N)(=O)=O)cc1. The molecule has 0 aliphatic rings. The van der Waals surface area contributed by atoms with Crippen LogP contribution >= 0.6 is 23.8 Å². The van der Waals surface area contributed by atoms with Gasteiger partial charge >= 0.3 is 0 Å². The third-order valence-corrected chi connectivity index (χ3v) is 4.81. The van der Waals surface area contributed by atoms with Crippen LogP contribution in [-0.4, -0.2) is 13.5 Å². The molecule has 0 saturated heterocycles. The van der Waals surface area contributed by atoms with E-state index in [0.29, 0.717) is 16.7 Å². The molecule has 0 radical (unpaired) electrons. The van der Waals surface area contributed by atoms with E-state index in [1.807, 2.05) is 25.1 Å². The van der Waals surface area contributed by atoms with Crippen molar-refractivity contribution in [2.45, 2.75) is 18.4 Å². The lowest BCUT2D eigenvalue weighted by atomic mass is 10.2. The molecule has 2 aromatic carbocycles. The van der Waals surface area contributed by atoms with Crippen molar-refractivity contribution in [2.24, 2.45) is 5.14 Å².